The zero-order valence-electron chi connectivity index (χ0n) is 16.5. The van der Waals surface area contributed by atoms with Crippen molar-refractivity contribution in [1.29, 1.82) is 0 Å². The van der Waals surface area contributed by atoms with Crippen LogP contribution in [0.5, 0.6) is 0 Å². The van der Waals surface area contributed by atoms with E-state index in [4.69, 9.17) is 0 Å². The Kier molecular flexibility index (Phi) is 10.1. The first-order valence-electron chi connectivity index (χ1n) is 9.54. The molecule has 2 fully saturated rings. The number of hydrogen-bond donors (Lipinski definition) is 1. The summed E-state index contributed by atoms with van der Waals surface area (Å²) in [6.45, 7) is 13.2. The molecule has 0 atom stereocenters. The lowest BCUT2D eigenvalue weighted by Crippen LogP contribution is -2.59. The molecule has 2 aliphatic rings. The zero-order chi connectivity index (χ0) is 17.7. The van der Waals surface area contributed by atoms with Gasteiger partial charge in [0.1, 0.15) is 0 Å². The molecule has 0 saturated carbocycles. The van der Waals surface area contributed by atoms with Gasteiger partial charge in [-0.25, -0.2) is 0 Å². The summed E-state index contributed by atoms with van der Waals surface area (Å²) in [6.07, 6.45) is 0.648. The molecule has 2 heterocycles. The third-order valence-corrected chi connectivity index (χ3v) is 5.48. The molecule has 154 valence electrons. The van der Waals surface area contributed by atoms with Crippen molar-refractivity contribution in [2.24, 2.45) is 0 Å². The highest BCUT2D eigenvalue weighted by molar-refractivity contribution is 5.85. The molecule has 1 aromatic carbocycles. The zero-order valence-corrected chi connectivity index (χ0v) is 18.2. The van der Waals surface area contributed by atoms with E-state index in [1.165, 1.54) is 5.56 Å². The Bertz CT molecular complexity index is 564. The summed E-state index contributed by atoms with van der Waals surface area (Å²) in [5, 5.41) is 3.30. The molecule has 1 N–H and O–H groups in total. The van der Waals surface area contributed by atoms with Crippen molar-refractivity contribution in [3.05, 3.63) is 35.9 Å². The monoisotopic (exact) mass is 416 g/mol. The first-order chi connectivity index (χ1) is 12.0. The molecule has 5 nitrogen and oxygen atoms in total. The molecule has 1 aromatic rings. The van der Waals surface area contributed by atoms with Gasteiger partial charge in [0.25, 0.3) is 0 Å². The maximum absolute atomic E-state index is 12.4. The Morgan fingerprint density at radius 2 is 1.70 bits per heavy atom. The first kappa shape index (κ1) is 24.2. The Hall–Kier alpha value is -0.850. The van der Waals surface area contributed by atoms with E-state index in [0.717, 1.165) is 58.9 Å². The number of nitrogens with one attached hydrogen (secondary N) is 1. The third-order valence-electron chi connectivity index (χ3n) is 5.48. The van der Waals surface area contributed by atoms with Crippen molar-refractivity contribution in [3.8, 4) is 0 Å². The maximum Gasteiger partial charge on any atom is 0.223 e. The molecule has 3 rings (SSSR count). The molecule has 2 saturated heterocycles. The minimum Gasteiger partial charge on any atom is -0.340 e. The van der Waals surface area contributed by atoms with Gasteiger partial charge in [0.15, 0.2) is 0 Å². The van der Waals surface area contributed by atoms with E-state index in [1.807, 2.05) is 4.90 Å². The molecular weight excluding hydrogens is 383 g/mol. The summed E-state index contributed by atoms with van der Waals surface area (Å²) in [6, 6.07) is 10.7. The van der Waals surface area contributed by atoms with Crippen LogP contribution in [0.25, 0.3) is 0 Å². The number of carbonyl (C=O) groups is 1. The van der Waals surface area contributed by atoms with E-state index >= 15 is 0 Å². The second-order valence-corrected chi connectivity index (χ2v) is 7.88. The summed E-state index contributed by atoms with van der Waals surface area (Å²) in [4.78, 5) is 19.4. The van der Waals surface area contributed by atoms with Crippen molar-refractivity contribution in [1.82, 2.24) is 20.0 Å². The van der Waals surface area contributed by atoms with E-state index in [-0.39, 0.29) is 30.4 Å². The Balaban J connectivity index is 0.00000182. The molecular formula is C20H34Cl2N4O. The van der Waals surface area contributed by atoms with Gasteiger partial charge >= 0.3 is 0 Å². The van der Waals surface area contributed by atoms with Gasteiger partial charge in [-0.05, 0) is 19.4 Å². The van der Waals surface area contributed by atoms with Crippen LogP contribution in [0.2, 0.25) is 0 Å². The molecule has 0 bridgehead atoms. The topological polar surface area (TPSA) is 38.8 Å². The lowest BCUT2D eigenvalue weighted by molar-refractivity contribution is -0.132. The lowest BCUT2D eigenvalue weighted by Gasteiger charge is -2.47. The van der Waals surface area contributed by atoms with E-state index in [1.54, 1.807) is 0 Å². The quantitative estimate of drug-likeness (QED) is 0.798. The minimum absolute atomic E-state index is 0. The average Bonchev–Trinajstić information content (AvgIpc) is 2.63. The molecule has 1 amide bonds. The number of rotatable bonds is 5. The van der Waals surface area contributed by atoms with Crippen LogP contribution in [0.15, 0.2) is 30.3 Å². The van der Waals surface area contributed by atoms with Gasteiger partial charge in [0.05, 0.1) is 0 Å². The van der Waals surface area contributed by atoms with Crippen molar-refractivity contribution in [2.75, 3.05) is 52.4 Å². The second-order valence-electron chi connectivity index (χ2n) is 7.88. The molecule has 0 unspecified atom stereocenters. The first-order valence-corrected chi connectivity index (χ1v) is 9.54. The molecule has 0 aromatic heterocycles. The molecule has 0 spiro atoms. The van der Waals surface area contributed by atoms with Crippen LogP contribution in [0.1, 0.15) is 25.8 Å². The highest BCUT2D eigenvalue weighted by Gasteiger charge is 2.33. The number of nitrogens with zero attached hydrogens (tertiary/aromatic N) is 3. The molecule has 7 heteroatoms. The number of carbonyl (C=O) groups excluding carboxylic acids is 1. The summed E-state index contributed by atoms with van der Waals surface area (Å²) >= 11 is 0. The highest BCUT2D eigenvalue weighted by Crippen LogP contribution is 2.23. The van der Waals surface area contributed by atoms with Crippen molar-refractivity contribution in [3.63, 3.8) is 0 Å². The molecule has 0 radical (unpaired) electrons. The highest BCUT2D eigenvalue weighted by atomic mass is 35.5. The second kappa shape index (κ2) is 11.2. The van der Waals surface area contributed by atoms with E-state index < -0.39 is 0 Å². The number of hydrogen-bond acceptors (Lipinski definition) is 4. The SMILES string of the molecule is CC1(C)CN(CCC(=O)N2CCNCC2)CCN1Cc1ccccc1.Cl.Cl. The van der Waals surface area contributed by atoms with Crippen LogP contribution in [0, 0.1) is 0 Å². The van der Waals surface area contributed by atoms with Gasteiger partial charge in [-0.3, -0.25) is 14.6 Å². The largest absolute Gasteiger partial charge is 0.340 e. The third kappa shape index (κ3) is 6.91. The van der Waals surface area contributed by atoms with Crippen LogP contribution in [-0.4, -0.2) is 78.5 Å². The van der Waals surface area contributed by atoms with Gasteiger partial charge in [0, 0.05) is 70.9 Å². The van der Waals surface area contributed by atoms with E-state index in [2.05, 4.69) is 59.3 Å². The fraction of sp³-hybridized carbons (Fsp3) is 0.650. The van der Waals surface area contributed by atoms with Gasteiger partial charge in [-0.15, -0.1) is 24.8 Å². The van der Waals surface area contributed by atoms with Crippen LogP contribution in [0.3, 0.4) is 0 Å². The Morgan fingerprint density at radius 3 is 2.33 bits per heavy atom. The van der Waals surface area contributed by atoms with Crippen LogP contribution < -0.4 is 5.32 Å². The van der Waals surface area contributed by atoms with Crippen LogP contribution in [0.4, 0.5) is 0 Å². The van der Waals surface area contributed by atoms with E-state index in [9.17, 15) is 4.79 Å². The number of piperazine rings is 2. The van der Waals surface area contributed by atoms with Crippen LogP contribution >= 0.6 is 24.8 Å². The lowest BCUT2D eigenvalue weighted by atomic mass is 9.97. The van der Waals surface area contributed by atoms with Crippen molar-refractivity contribution in [2.45, 2.75) is 32.4 Å². The number of halogens is 2. The summed E-state index contributed by atoms with van der Waals surface area (Å²) < 4.78 is 0. The fourth-order valence-corrected chi connectivity index (χ4v) is 3.90. The standard InChI is InChI=1S/C20H32N4O.2ClH/c1-20(2)17-22(11-8-19(25)23-12-9-21-10-13-23)14-15-24(20)16-18-6-4-3-5-7-18;;/h3-7,21H,8-17H2,1-2H3;2*1H. The molecule has 2 aliphatic heterocycles. The molecule has 0 aliphatic carbocycles. The summed E-state index contributed by atoms with van der Waals surface area (Å²) in [5.41, 5.74) is 1.50. The van der Waals surface area contributed by atoms with Gasteiger partial charge in [0.2, 0.25) is 5.91 Å². The summed E-state index contributed by atoms with van der Waals surface area (Å²) in [7, 11) is 0. The van der Waals surface area contributed by atoms with Crippen molar-refractivity contribution >= 4 is 30.7 Å². The predicted octanol–water partition coefficient (Wildman–Crippen LogP) is 2.25. The average molecular weight is 417 g/mol. The van der Waals surface area contributed by atoms with E-state index in [0.29, 0.717) is 12.3 Å². The smallest absolute Gasteiger partial charge is 0.223 e. The van der Waals surface area contributed by atoms with Gasteiger partial charge < -0.3 is 10.2 Å². The Morgan fingerprint density at radius 1 is 1.04 bits per heavy atom. The number of benzene rings is 1. The summed E-state index contributed by atoms with van der Waals surface area (Å²) in [5.74, 6) is 0.311. The maximum atomic E-state index is 12.4. The van der Waals surface area contributed by atoms with Gasteiger partial charge in [-0.1, -0.05) is 30.3 Å². The number of amides is 1. The molecule has 27 heavy (non-hydrogen) atoms. The fourth-order valence-electron chi connectivity index (χ4n) is 3.90. The van der Waals surface area contributed by atoms with Crippen LogP contribution in [-0.2, 0) is 11.3 Å². The predicted molar refractivity (Wildman–Crippen MR) is 116 cm³/mol. The van der Waals surface area contributed by atoms with Gasteiger partial charge in [-0.2, -0.15) is 0 Å². The Labute approximate surface area is 176 Å². The van der Waals surface area contributed by atoms with Crippen molar-refractivity contribution < 1.29 is 4.79 Å². The normalized spacial score (nSPS) is 20.4. The minimum atomic E-state index is 0.